The summed E-state index contributed by atoms with van der Waals surface area (Å²) in [6.45, 7) is 2.73. The van der Waals surface area contributed by atoms with Crippen molar-refractivity contribution < 1.29 is 14.5 Å². The highest BCUT2D eigenvalue weighted by Gasteiger charge is 2.11. The summed E-state index contributed by atoms with van der Waals surface area (Å²) < 4.78 is 5.54. The van der Waals surface area contributed by atoms with Gasteiger partial charge in [0.1, 0.15) is 5.75 Å². The van der Waals surface area contributed by atoms with Crippen LogP contribution in [0.1, 0.15) is 62.2 Å². The van der Waals surface area contributed by atoms with Crippen LogP contribution in [-0.2, 0) is 0 Å². The van der Waals surface area contributed by atoms with Crippen molar-refractivity contribution >= 4 is 12.0 Å². The van der Waals surface area contributed by atoms with Gasteiger partial charge < -0.3 is 4.74 Å². The van der Waals surface area contributed by atoms with Crippen LogP contribution >= 0.6 is 0 Å². The van der Waals surface area contributed by atoms with Gasteiger partial charge in [-0.25, -0.2) is 0 Å². The number of rotatable bonds is 11. The smallest absolute Gasteiger partial charge is 0.270 e. The van der Waals surface area contributed by atoms with E-state index in [1.807, 2.05) is 0 Å². The number of nitrogens with zero attached hydrogens (tertiary/aromatic N) is 1. The van der Waals surface area contributed by atoms with E-state index in [2.05, 4.69) is 6.92 Å². The number of unbranched alkanes of at least 4 members (excludes halogenated alkanes) is 6. The van der Waals surface area contributed by atoms with Gasteiger partial charge in [0.05, 0.1) is 17.1 Å². The molecule has 0 saturated heterocycles. The molecule has 0 unspecified atom stereocenters. The van der Waals surface area contributed by atoms with E-state index in [0.717, 1.165) is 12.8 Å². The van der Waals surface area contributed by atoms with E-state index < -0.39 is 4.92 Å². The van der Waals surface area contributed by atoms with Gasteiger partial charge in [0, 0.05) is 12.1 Å². The van der Waals surface area contributed by atoms with Crippen LogP contribution in [0.5, 0.6) is 5.75 Å². The molecule has 116 valence electrons. The molecule has 0 aliphatic carbocycles. The van der Waals surface area contributed by atoms with E-state index in [4.69, 9.17) is 4.74 Å². The Labute approximate surface area is 125 Å². The molecule has 0 amide bonds. The van der Waals surface area contributed by atoms with Gasteiger partial charge >= 0.3 is 0 Å². The van der Waals surface area contributed by atoms with Gasteiger partial charge in [0.15, 0.2) is 6.29 Å². The third kappa shape index (κ3) is 6.38. The Bertz CT molecular complexity index is 460. The van der Waals surface area contributed by atoms with Crippen LogP contribution in [0.15, 0.2) is 18.2 Å². The quantitative estimate of drug-likeness (QED) is 0.260. The Kier molecular flexibility index (Phi) is 8.09. The zero-order chi connectivity index (χ0) is 15.5. The molecule has 1 rings (SSSR count). The summed E-state index contributed by atoms with van der Waals surface area (Å²) in [6.07, 6.45) is 8.91. The zero-order valence-electron chi connectivity index (χ0n) is 12.5. The minimum absolute atomic E-state index is 0.0969. The standard InChI is InChI=1S/C16H23NO4/c1-2-3-4-5-6-7-8-11-21-16-10-9-15(17(19)20)12-14(16)13-18/h9-10,12-13H,2-8,11H2,1H3. The molecule has 0 saturated carbocycles. The first kappa shape index (κ1) is 17.1. The second-order valence-electron chi connectivity index (χ2n) is 5.07. The first-order valence-corrected chi connectivity index (χ1v) is 7.55. The highest BCUT2D eigenvalue weighted by molar-refractivity contribution is 5.80. The summed E-state index contributed by atoms with van der Waals surface area (Å²) in [5, 5.41) is 10.6. The van der Waals surface area contributed by atoms with Crippen molar-refractivity contribution in [1.29, 1.82) is 0 Å². The summed E-state index contributed by atoms with van der Waals surface area (Å²) in [4.78, 5) is 21.1. The Morgan fingerprint density at radius 1 is 1.14 bits per heavy atom. The molecule has 21 heavy (non-hydrogen) atoms. The van der Waals surface area contributed by atoms with E-state index in [-0.39, 0.29) is 11.3 Å². The predicted molar refractivity (Wildman–Crippen MR) is 82.0 cm³/mol. The molecule has 0 N–H and O–H groups in total. The summed E-state index contributed by atoms with van der Waals surface area (Å²) in [5.74, 6) is 0.418. The number of hydrogen-bond acceptors (Lipinski definition) is 4. The molecule has 5 nitrogen and oxygen atoms in total. The maximum Gasteiger partial charge on any atom is 0.270 e. The molecule has 5 heteroatoms. The van der Waals surface area contributed by atoms with Crippen LogP contribution in [0.4, 0.5) is 5.69 Å². The van der Waals surface area contributed by atoms with E-state index in [1.54, 1.807) is 0 Å². The highest BCUT2D eigenvalue weighted by Crippen LogP contribution is 2.23. The van der Waals surface area contributed by atoms with Gasteiger partial charge in [-0.3, -0.25) is 14.9 Å². The molecule has 0 atom stereocenters. The van der Waals surface area contributed by atoms with Crippen molar-refractivity contribution in [2.75, 3.05) is 6.61 Å². The average molecular weight is 293 g/mol. The largest absolute Gasteiger partial charge is 0.493 e. The fourth-order valence-electron chi connectivity index (χ4n) is 2.11. The molecule has 1 aromatic carbocycles. The number of hydrogen-bond donors (Lipinski definition) is 0. The predicted octanol–water partition coefficient (Wildman–Crippen LogP) is 4.54. The molecule has 0 radical (unpaired) electrons. The lowest BCUT2D eigenvalue weighted by Gasteiger charge is -2.08. The lowest BCUT2D eigenvalue weighted by molar-refractivity contribution is -0.384. The maximum absolute atomic E-state index is 10.9. The van der Waals surface area contributed by atoms with E-state index in [9.17, 15) is 14.9 Å². The van der Waals surface area contributed by atoms with Crippen molar-refractivity contribution in [2.45, 2.75) is 51.9 Å². The van der Waals surface area contributed by atoms with Crippen LogP contribution in [-0.4, -0.2) is 17.8 Å². The second kappa shape index (κ2) is 9.91. The number of nitro groups is 1. The fraction of sp³-hybridized carbons (Fsp3) is 0.562. The number of benzene rings is 1. The number of carbonyl (C=O) groups excluding carboxylic acids is 1. The van der Waals surface area contributed by atoms with Crippen LogP contribution in [0.3, 0.4) is 0 Å². The summed E-state index contributed by atoms with van der Waals surface area (Å²) in [6, 6.07) is 4.09. The van der Waals surface area contributed by atoms with Gasteiger partial charge in [-0.05, 0) is 12.5 Å². The van der Waals surface area contributed by atoms with Crippen molar-refractivity contribution in [1.82, 2.24) is 0 Å². The maximum atomic E-state index is 10.9. The topological polar surface area (TPSA) is 69.4 Å². The summed E-state index contributed by atoms with van der Waals surface area (Å²) in [7, 11) is 0. The highest BCUT2D eigenvalue weighted by atomic mass is 16.6. The van der Waals surface area contributed by atoms with Crippen LogP contribution < -0.4 is 4.74 Å². The fourth-order valence-corrected chi connectivity index (χ4v) is 2.11. The monoisotopic (exact) mass is 293 g/mol. The van der Waals surface area contributed by atoms with Crippen LogP contribution in [0.2, 0.25) is 0 Å². The third-order valence-corrected chi connectivity index (χ3v) is 3.34. The van der Waals surface area contributed by atoms with E-state index >= 15 is 0 Å². The average Bonchev–Trinajstić information content (AvgIpc) is 2.49. The number of non-ortho nitro benzene ring substituents is 1. The van der Waals surface area contributed by atoms with Crippen molar-refractivity contribution in [3.63, 3.8) is 0 Å². The molecule has 0 heterocycles. The molecular weight excluding hydrogens is 270 g/mol. The van der Waals surface area contributed by atoms with Gasteiger partial charge in [0.2, 0.25) is 0 Å². The number of ether oxygens (including phenoxy) is 1. The minimum Gasteiger partial charge on any atom is -0.493 e. The SMILES string of the molecule is CCCCCCCCCOc1ccc([N+](=O)[O-])cc1C=O. The molecule has 0 bridgehead atoms. The van der Waals surface area contributed by atoms with Crippen LogP contribution in [0, 0.1) is 10.1 Å². The lowest BCUT2D eigenvalue weighted by atomic mass is 10.1. The Hall–Kier alpha value is -1.91. The third-order valence-electron chi connectivity index (χ3n) is 3.34. The Balaban J connectivity index is 2.32. The second-order valence-corrected chi connectivity index (χ2v) is 5.07. The first-order chi connectivity index (χ1) is 10.2. The minimum atomic E-state index is -0.521. The summed E-state index contributed by atoms with van der Waals surface area (Å²) in [5.41, 5.74) is 0.132. The first-order valence-electron chi connectivity index (χ1n) is 7.55. The number of aldehydes is 1. The molecule has 0 aliphatic heterocycles. The normalized spacial score (nSPS) is 10.3. The molecule has 0 fully saturated rings. The Morgan fingerprint density at radius 3 is 2.43 bits per heavy atom. The van der Waals surface area contributed by atoms with Gasteiger partial charge in [0.25, 0.3) is 5.69 Å². The summed E-state index contributed by atoms with van der Waals surface area (Å²) >= 11 is 0. The van der Waals surface area contributed by atoms with Crippen molar-refractivity contribution in [2.24, 2.45) is 0 Å². The molecular formula is C16H23NO4. The van der Waals surface area contributed by atoms with E-state index in [0.29, 0.717) is 18.6 Å². The van der Waals surface area contributed by atoms with Gasteiger partial charge in [-0.2, -0.15) is 0 Å². The van der Waals surface area contributed by atoms with Gasteiger partial charge in [-0.15, -0.1) is 0 Å². The van der Waals surface area contributed by atoms with Crippen molar-refractivity contribution in [3.05, 3.63) is 33.9 Å². The molecule has 0 spiro atoms. The molecule has 1 aromatic rings. The zero-order valence-corrected chi connectivity index (χ0v) is 12.5. The lowest BCUT2D eigenvalue weighted by Crippen LogP contribution is -2.01. The van der Waals surface area contributed by atoms with Crippen LogP contribution in [0.25, 0.3) is 0 Å². The molecule has 0 aromatic heterocycles. The number of carbonyl (C=O) groups is 1. The Morgan fingerprint density at radius 2 is 1.81 bits per heavy atom. The van der Waals surface area contributed by atoms with Crippen molar-refractivity contribution in [3.8, 4) is 5.75 Å². The number of nitro benzene ring substituents is 1. The molecule has 0 aliphatic rings. The van der Waals surface area contributed by atoms with Gasteiger partial charge in [-0.1, -0.05) is 45.4 Å². The van der Waals surface area contributed by atoms with E-state index in [1.165, 1.54) is 50.3 Å².